The smallest absolute Gasteiger partial charge is 0.268 e. The summed E-state index contributed by atoms with van der Waals surface area (Å²) in [6.45, 7) is 4.47. The Balaban J connectivity index is 3.76. The van der Waals surface area contributed by atoms with Gasteiger partial charge in [-0.3, -0.25) is 9.36 Å². The van der Waals surface area contributed by atoms with Crippen LogP contribution in [0.3, 0.4) is 0 Å². The maximum atomic E-state index is 12.8. The number of carbonyl (C=O) groups is 1. The van der Waals surface area contributed by atoms with Crippen molar-refractivity contribution in [2.45, 2.75) is 225 Å². The van der Waals surface area contributed by atoms with E-state index in [1.807, 2.05) is 21.1 Å². The molecule has 0 saturated heterocycles. The maximum absolute atomic E-state index is 12.8. The number of hydrogen-bond donors (Lipinski definition) is 2. The topological polar surface area (TPSA) is 108 Å². The second-order valence-electron chi connectivity index (χ2n) is 18.9. The van der Waals surface area contributed by atoms with Gasteiger partial charge in [0.25, 0.3) is 7.82 Å². The highest BCUT2D eigenvalue weighted by atomic mass is 31.2. The summed E-state index contributed by atoms with van der Waals surface area (Å²) in [6, 6.07) is -0.798. The largest absolute Gasteiger partial charge is 0.756 e. The molecular formula is C56H101N2O6P. The highest BCUT2D eigenvalue weighted by Gasteiger charge is 2.24. The minimum Gasteiger partial charge on any atom is -0.756 e. The molecule has 0 saturated carbocycles. The Morgan fingerprint density at radius 2 is 0.938 bits per heavy atom. The van der Waals surface area contributed by atoms with Gasteiger partial charge in [0, 0.05) is 6.42 Å². The third-order valence-corrected chi connectivity index (χ3v) is 12.4. The fraction of sp³-hybridized carbons (Fsp3) is 0.732. The van der Waals surface area contributed by atoms with Gasteiger partial charge in [-0.1, -0.05) is 221 Å². The molecule has 0 rings (SSSR count). The van der Waals surface area contributed by atoms with Crippen LogP contribution in [0.25, 0.3) is 0 Å². The summed E-state index contributed by atoms with van der Waals surface area (Å²) in [5.41, 5.74) is 0. The highest BCUT2D eigenvalue weighted by molar-refractivity contribution is 7.45. The van der Waals surface area contributed by atoms with Crippen LogP contribution in [0, 0.1) is 0 Å². The van der Waals surface area contributed by atoms with Gasteiger partial charge in [0.1, 0.15) is 13.2 Å². The van der Waals surface area contributed by atoms with Gasteiger partial charge >= 0.3 is 0 Å². The standard InChI is InChI=1S/C56H101N2O6P/c1-6-8-10-12-13-14-15-16-17-18-19-20-21-22-23-24-25-26-27-28-29-30-31-32-33-34-35-36-37-38-39-40-41-42-43-44-45-46-48-50-56(60)57-54(55(59)49-47-11-9-7-2)53-64-65(61,62)63-52-51-58(3,4)5/h8,10,13-14,16-17,19-20,22-23,25-26,28-29,54-55,59H,6-7,9,11-12,15,18,21,24,27,30-53H2,1-5H3,(H-,57,60,61,62)/b10-8-,14-13-,17-16-,20-19-,23-22-,26-25-,29-28-. The number of quaternary nitrogens is 1. The normalized spacial score (nSPS) is 14.8. The Morgan fingerprint density at radius 1 is 0.554 bits per heavy atom. The molecular weight excluding hydrogens is 828 g/mol. The summed E-state index contributed by atoms with van der Waals surface area (Å²) < 4.78 is 23.0. The average Bonchev–Trinajstić information content (AvgIpc) is 3.26. The first-order chi connectivity index (χ1) is 31.5. The molecule has 8 nitrogen and oxygen atoms in total. The van der Waals surface area contributed by atoms with Crippen molar-refractivity contribution >= 4 is 13.7 Å². The first kappa shape index (κ1) is 62.7. The van der Waals surface area contributed by atoms with E-state index >= 15 is 0 Å². The zero-order valence-electron chi connectivity index (χ0n) is 42.7. The molecule has 0 radical (unpaired) electrons. The molecule has 376 valence electrons. The van der Waals surface area contributed by atoms with Crippen LogP contribution in [-0.4, -0.2) is 68.5 Å². The number of likely N-dealkylation sites (N-methyl/N-ethyl adjacent to an activating group) is 1. The van der Waals surface area contributed by atoms with E-state index < -0.39 is 20.0 Å². The Labute approximate surface area is 401 Å². The molecule has 0 aliphatic rings. The number of carbonyl (C=O) groups excluding carboxylic acids is 1. The lowest BCUT2D eigenvalue weighted by atomic mass is 10.0. The fourth-order valence-corrected chi connectivity index (χ4v) is 7.98. The summed E-state index contributed by atoms with van der Waals surface area (Å²) in [5, 5.41) is 13.7. The van der Waals surface area contributed by atoms with Crippen LogP contribution < -0.4 is 10.2 Å². The predicted octanol–water partition coefficient (Wildman–Crippen LogP) is 15.1. The van der Waals surface area contributed by atoms with E-state index in [1.54, 1.807) is 0 Å². The van der Waals surface area contributed by atoms with Gasteiger partial charge in [0.2, 0.25) is 5.91 Å². The second kappa shape index (κ2) is 46.8. The van der Waals surface area contributed by atoms with Crippen molar-refractivity contribution in [2.24, 2.45) is 0 Å². The zero-order chi connectivity index (χ0) is 47.8. The quantitative estimate of drug-likeness (QED) is 0.0272. The third kappa shape index (κ3) is 49.4. The van der Waals surface area contributed by atoms with Gasteiger partial charge in [0.15, 0.2) is 0 Å². The van der Waals surface area contributed by atoms with Crippen LogP contribution in [-0.2, 0) is 18.4 Å². The maximum Gasteiger partial charge on any atom is 0.268 e. The summed E-state index contributed by atoms with van der Waals surface area (Å²) in [7, 11) is 1.29. The number of nitrogens with zero attached hydrogens (tertiary/aromatic N) is 1. The summed E-state index contributed by atoms with van der Waals surface area (Å²) in [6.07, 6.45) is 65.5. The number of nitrogens with one attached hydrogen (secondary N) is 1. The molecule has 65 heavy (non-hydrogen) atoms. The fourth-order valence-electron chi connectivity index (χ4n) is 7.25. The molecule has 3 unspecified atom stereocenters. The van der Waals surface area contributed by atoms with E-state index in [1.165, 1.54) is 96.3 Å². The lowest BCUT2D eigenvalue weighted by Crippen LogP contribution is -2.46. The molecule has 0 spiro atoms. The number of rotatable bonds is 47. The molecule has 0 aromatic carbocycles. The van der Waals surface area contributed by atoms with Crippen molar-refractivity contribution in [3.8, 4) is 0 Å². The lowest BCUT2D eigenvalue weighted by Gasteiger charge is -2.30. The Hall–Kier alpha value is -2.32. The summed E-state index contributed by atoms with van der Waals surface area (Å²) in [4.78, 5) is 25.1. The van der Waals surface area contributed by atoms with E-state index in [2.05, 4.69) is 104 Å². The SMILES string of the molecule is CC/C=C\C/C=C\C/C=C\C/C=C\C/C=C\C/C=C\C/C=C\CCCCCCCCCCCCCCCCCCCC(=O)NC(COP(=O)([O-])OCC[N+](C)(C)C)C(O)CCCCCC. The second-order valence-corrected chi connectivity index (χ2v) is 20.3. The zero-order valence-corrected chi connectivity index (χ0v) is 43.6. The van der Waals surface area contributed by atoms with Crippen molar-refractivity contribution in [3.05, 3.63) is 85.1 Å². The first-order valence-corrected chi connectivity index (χ1v) is 27.9. The number of hydrogen-bond acceptors (Lipinski definition) is 6. The Kier molecular flexibility index (Phi) is 45.1. The number of aliphatic hydroxyl groups is 1. The molecule has 2 N–H and O–H groups in total. The molecule has 1 amide bonds. The number of aliphatic hydroxyl groups excluding tert-OH is 1. The van der Waals surface area contributed by atoms with Gasteiger partial charge in [-0.05, 0) is 70.6 Å². The van der Waals surface area contributed by atoms with Gasteiger partial charge in [-0.15, -0.1) is 0 Å². The molecule has 0 aliphatic carbocycles. The Bertz CT molecular complexity index is 1330. The molecule has 0 aromatic rings. The van der Waals surface area contributed by atoms with E-state index in [-0.39, 0.29) is 19.1 Å². The van der Waals surface area contributed by atoms with Crippen LogP contribution in [0.5, 0.6) is 0 Å². The van der Waals surface area contributed by atoms with Gasteiger partial charge in [-0.2, -0.15) is 0 Å². The molecule has 0 fully saturated rings. The third-order valence-electron chi connectivity index (χ3n) is 11.4. The molecule has 0 aromatic heterocycles. The molecule has 0 bridgehead atoms. The van der Waals surface area contributed by atoms with Crippen molar-refractivity contribution in [1.29, 1.82) is 0 Å². The van der Waals surface area contributed by atoms with Gasteiger partial charge in [-0.25, -0.2) is 0 Å². The van der Waals surface area contributed by atoms with Crippen molar-refractivity contribution in [1.82, 2.24) is 5.32 Å². The van der Waals surface area contributed by atoms with E-state index in [0.29, 0.717) is 23.9 Å². The van der Waals surface area contributed by atoms with Crippen molar-refractivity contribution in [3.63, 3.8) is 0 Å². The van der Waals surface area contributed by atoms with Gasteiger partial charge < -0.3 is 28.8 Å². The van der Waals surface area contributed by atoms with Crippen molar-refractivity contribution < 1.29 is 32.9 Å². The van der Waals surface area contributed by atoms with E-state index in [9.17, 15) is 19.4 Å². The van der Waals surface area contributed by atoms with Crippen LogP contribution >= 0.6 is 7.82 Å². The molecule has 9 heteroatoms. The minimum absolute atomic E-state index is 0.00915. The van der Waals surface area contributed by atoms with Crippen molar-refractivity contribution in [2.75, 3.05) is 40.9 Å². The van der Waals surface area contributed by atoms with Gasteiger partial charge in [0.05, 0.1) is 39.9 Å². The monoisotopic (exact) mass is 929 g/mol. The summed E-state index contributed by atoms with van der Waals surface area (Å²) in [5.74, 6) is -0.176. The number of phosphoric ester groups is 1. The first-order valence-electron chi connectivity index (χ1n) is 26.4. The molecule has 0 heterocycles. The van der Waals surface area contributed by atoms with E-state index in [0.717, 1.165) is 89.9 Å². The average molecular weight is 929 g/mol. The van der Waals surface area contributed by atoms with E-state index in [4.69, 9.17) is 9.05 Å². The molecule has 0 aliphatic heterocycles. The minimum atomic E-state index is -4.55. The number of phosphoric acid groups is 1. The van der Waals surface area contributed by atoms with Crippen LogP contribution in [0.1, 0.15) is 213 Å². The Morgan fingerprint density at radius 3 is 1.35 bits per heavy atom. The van der Waals surface area contributed by atoms with Crippen LogP contribution in [0.2, 0.25) is 0 Å². The lowest BCUT2D eigenvalue weighted by molar-refractivity contribution is -0.870. The highest BCUT2D eigenvalue weighted by Crippen LogP contribution is 2.38. The molecule has 3 atom stereocenters. The predicted molar refractivity (Wildman–Crippen MR) is 279 cm³/mol. The number of amides is 1. The van der Waals surface area contributed by atoms with Crippen LogP contribution in [0.4, 0.5) is 0 Å². The summed E-state index contributed by atoms with van der Waals surface area (Å²) >= 11 is 0. The van der Waals surface area contributed by atoms with Crippen LogP contribution in [0.15, 0.2) is 85.1 Å². The number of unbranched alkanes of at least 4 members (excludes halogenated alkanes) is 20. The number of allylic oxidation sites excluding steroid dienone is 14.